The topological polar surface area (TPSA) is 20.2 Å². The average molecular weight is 272 g/mol. The van der Waals surface area contributed by atoms with E-state index in [0.29, 0.717) is 5.92 Å². The molecule has 0 amide bonds. The van der Waals surface area contributed by atoms with Gasteiger partial charge in [0, 0.05) is 0 Å². The Kier molecular flexibility index (Phi) is 4.45. The number of aliphatic hydroxyl groups is 1. The van der Waals surface area contributed by atoms with Crippen molar-refractivity contribution in [1.82, 2.24) is 0 Å². The van der Waals surface area contributed by atoms with Gasteiger partial charge in [-0.05, 0) is 67.1 Å². The Morgan fingerprint density at radius 1 is 1.10 bits per heavy atom. The molecule has 1 N–H and O–H groups in total. The highest BCUT2D eigenvalue weighted by atomic mass is 16.3. The maximum Gasteiger partial charge on any atom is 0.0608 e. The molecule has 0 radical (unpaired) electrons. The van der Waals surface area contributed by atoms with Crippen LogP contribution in [0.15, 0.2) is 18.2 Å². The van der Waals surface area contributed by atoms with Crippen LogP contribution >= 0.6 is 0 Å². The summed E-state index contributed by atoms with van der Waals surface area (Å²) < 4.78 is 0. The first-order valence-electron chi connectivity index (χ1n) is 8.55. The van der Waals surface area contributed by atoms with Crippen LogP contribution in [-0.2, 0) is 19.3 Å². The molecule has 0 bridgehead atoms. The third-order valence-electron chi connectivity index (χ3n) is 5.62. The lowest BCUT2D eigenvalue weighted by Crippen LogP contribution is -2.27. The van der Waals surface area contributed by atoms with Gasteiger partial charge in [-0.3, -0.25) is 0 Å². The Balaban J connectivity index is 1.57. The van der Waals surface area contributed by atoms with Crippen LogP contribution in [0, 0.1) is 11.8 Å². The molecule has 2 aliphatic carbocycles. The van der Waals surface area contributed by atoms with Gasteiger partial charge in [0.1, 0.15) is 0 Å². The number of benzene rings is 1. The Morgan fingerprint density at radius 2 is 1.85 bits per heavy atom. The van der Waals surface area contributed by atoms with E-state index in [4.69, 9.17) is 0 Å². The zero-order valence-corrected chi connectivity index (χ0v) is 12.8. The van der Waals surface area contributed by atoms with Crippen molar-refractivity contribution in [3.8, 4) is 0 Å². The van der Waals surface area contributed by atoms with E-state index in [1.165, 1.54) is 68.1 Å². The van der Waals surface area contributed by atoms with Crippen molar-refractivity contribution in [2.24, 2.45) is 11.8 Å². The summed E-state index contributed by atoms with van der Waals surface area (Å²) in [5, 5.41) is 10.5. The van der Waals surface area contributed by atoms with Gasteiger partial charge in [0.05, 0.1) is 6.10 Å². The molecular weight excluding hydrogens is 244 g/mol. The molecule has 1 heteroatoms. The molecule has 20 heavy (non-hydrogen) atoms. The summed E-state index contributed by atoms with van der Waals surface area (Å²) in [5.74, 6) is 1.45. The molecule has 0 heterocycles. The number of hydrogen-bond donors (Lipinski definition) is 1. The molecule has 2 aliphatic rings. The first kappa shape index (κ1) is 14.1. The molecule has 1 unspecified atom stereocenters. The van der Waals surface area contributed by atoms with Crippen molar-refractivity contribution in [2.45, 2.75) is 70.8 Å². The Hall–Kier alpha value is -0.820. The van der Waals surface area contributed by atoms with Crippen molar-refractivity contribution in [2.75, 3.05) is 0 Å². The average Bonchev–Trinajstić information content (AvgIpc) is 2.95. The van der Waals surface area contributed by atoms with Crippen LogP contribution in [0.3, 0.4) is 0 Å². The highest BCUT2D eigenvalue weighted by molar-refractivity contribution is 5.35. The zero-order valence-electron chi connectivity index (χ0n) is 12.8. The molecule has 110 valence electrons. The molecule has 3 rings (SSSR count). The number of aryl methyl sites for hydroxylation is 2. The molecule has 1 fully saturated rings. The van der Waals surface area contributed by atoms with Gasteiger partial charge in [-0.1, -0.05) is 44.4 Å². The van der Waals surface area contributed by atoms with E-state index in [1.54, 1.807) is 0 Å². The minimum Gasteiger partial charge on any atom is -0.392 e. The highest BCUT2D eigenvalue weighted by Gasteiger charge is 2.26. The van der Waals surface area contributed by atoms with E-state index in [0.717, 1.165) is 12.3 Å². The monoisotopic (exact) mass is 272 g/mol. The molecule has 0 aromatic heterocycles. The van der Waals surface area contributed by atoms with Crippen LogP contribution in [0.5, 0.6) is 0 Å². The van der Waals surface area contributed by atoms with Gasteiger partial charge < -0.3 is 5.11 Å². The summed E-state index contributed by atoms with van der Waals surface area (Å²) in [7, 11) is 0. The number of rotatable bonds is 4. The summed E-state index contributed by atoms with van der Waals surface area (Å²) in [6.45, 7) is 2.30. The summed E-state index contributed by atoms with van der Waals surface area (Å²) >= 11 is 0. The predicted molar refractivity (Wildman–Crippen MR) is 83.9 cm³/mol. The molecule has 1 nitrogen and oxygen atoms in total. The Bertz CT molecular complexity index is 443. The predicted octanol–water partition coefficient (Wildman–Crippen LogP) is 4.30. The smallest absolute Gasteiger partial charge is 0.0608 e. The van der Waals surface area contributed by atoms with Gasteiger partial charge in [-0.25, -0.2) is 0 Å². The lowest BCUT2D eigenvalue weighted by atomic mass is 9.77. The normalized spacial score (nSPS) is 27.3. The van der Waals surface area contributed by atoms with Crippen LogP contribution in [0.25, 0.3) is 0 Å². The van der Waals surface area contributed by atoms with E-state index < -0.39 is 0 Å². The minimum atomic E-state index is -0.132. The highest BCUT2D eigenvalue weighted by Crippen LogP contribution is 2.33. The minimum absolute atomic E-state index is 0.132. The second kappa shape index (κ2) is 6.30. The van der Waals surface area contributed by atoms with Crippen molar-refractivity contribution in [3.63, 3.8) is 0 Å². The molecule has 1 aromatic rings. The standard InChI is InChI=1S/C19H28O/c1-2-14-6-10-17(11-7-14)19(20)13-15-8-9-16-4-3-5-18(16)12-15/h8-9,12,14,17,19-20H,2-7,10-11,13H2,1H3. The van der Waals surface area contributed by atoms with E-state index in [9.17, 15) is 5.11 Å². The quantitative estimate of drug-likeness (QED) is 0.866. The van der Waals surface area contributed by atoms with E-state index in [1.807, 2.05) is 0 Å². The fourth-order valence-electron chi connectivity index (χ4n) is 4.14. The van der Waals surface area contributed by atoms with Crippen molar-refractivity contribution in [1.29, 1.82) is 0 Å². The summed E-state index contributed by atoms with van der Waals surface area (Å²) in [4.78, 5) is 0. The number of hydrogen-bond acceptors (Lipinski definition) is 1. The summed E-state index contributed by atoms with van der Waals surface area (Å²) in [6, 6.07) is 6.88. The molecule has 1 aromatic carbocycles. The maximum absolute atomic E-state index is 10.5. The Labute approximate surface area is 123 Å². The first-order chi connectivity index (χ1) is 9.76. The van der Waals surface area contributed by atoms with Gasteiger partial charge in [0.2, 0.25) is 0 Å². The number of aliphatic hydroxyl groups excluding tert-OH is 1. The zero-order chi connectivity index (χ0) is 13.9. The summed E-state index contributed by atoms with van der Waals surface area (Å²) in [6.07, 6.45) is 10.9. The maximum atomic E-state index is 10.5. The molecule has 1 saturated carbocycles. The lowest BCUT2D eigenvalue weighted by Gasteiger charge is -2.31. The lowest BCUT2D eigenvalue weighted by molar-refractivity contribution is 0.0735. The molecule has 0 saturated heterocycles. The van der Waals surface area contributed by atoms with Crippen molar-refractivity contribution in [3.05, 3.63) is 34.9 Å². The van der Waals surface area contributed by atoms with Gasteiger partial charge in [0.15, 0.2) is 0 Å². The van der Waals surface area contributed by atoms with E-state index in [-0.39, 0.29) is 6.10 Å². The van der Waals surface area contributed by atoms with E-state index in [2.05, 4.69) is 25.1 Å². The van der Waals surface area contributed by atoms with E-state index >= 15 is 0 Å². The van der Waals surface area contributed by atoms with Crippen molar-refractivity contribution < 1.29 is 5.11 Å². The molecule has 1 atom stereocenters. The molecule has 0 aliphatic heterocycles. The van der Waals surface area contributed by atoms with Gasteiger partial charge >= 0.3 is 0 Å². The fraction of sp³-hybridized carbons (Fsp3) is 0.684. The van der Waals surface area contributed by atoms with Crippen molar-refractivity contribution >= 4 is 0 Å². The third-order valence-corrected chi connectivity index (χ3v) is 5.62. The second-order valence-electron chi connectivity index (χ2n) is 6.92. The van der Waals surface area contributed by atoms with Crippen LogP contribution in [0.2, 0.25) is 0 Å². The van der Waals surface area contributed by atoms with Crippen LogP contribution in [0.1, 0.15) is 62.1 Å². The third kappa shape index (κ3) is 3.09. The van der Waals surface area contributed by atoms with Crippen LogP contribution in [-0.4, -0.2) is 11.2 Å². The SMILES string of the molecule is CCC1CCC(C(O)Cc2ccc3c(c2)CCC3)CC1. The number of fused-ring (bicyclic) bond motifs is 1. The largest absolute Gasteiger partial charge is 0.392 e. The van der Waals surface area contributed by atoms with Gasteiger partial charge in [-0.15, -0.1) is 0 Å². The fourth-order valence-corrected chi connectivity index (χ4v) is 4.14. The first-order valence-corrected chi connectivity index (χ1v) is 8.55. The Morgan fingerprint density at radius 3 is 2.60 bits per heavy atom. The van der Waals surface area contributed by atoms with Gasteiger partial charge in [0.25, 0.3) is 0 Å². The molecule has 0 spiro atoms. The van der Waals surface area contributed by atoms with Gasteiger partial charge in [-0.2, -0.15) is 0 Å². The second-order valence-corrected chi connectivity index (χ2v) is 6.92. The van der Waals surface area contributed by atoms with Crippen LogP contribution < -0.4 is 0 Å². The summed E-state index contributed by atoms with van der Waals surface area (Å²) in [5.41, 5.74) is 4.41. The molecular formula is C19H28O. The van der Waals surface area contributed by atoms with Crippen LogP contribution in [0.4, 0.5) is 0 Å².